The van der Waals surface area contributed by atoms with Gasteiger partial charge in [0.15, 0.2) is 8.83 Å². The molecular formula is C11H6N2O3S2. The van der Waals surface area contributed by atoms with Gasteiger partial charge >= 0.3 is 5.97 Å². The van der Waals surface area contributed by atoms with Crippen LogP contribution in [0.4, 0.5) is 0 Å². The van der Waals surface area contributed by atoms with Crippen molar-refractivity contribution >= 4 is 46.1 Å². The van der Waals surface area contributed by atoms with E-state index in [4.69, 9.17) is 17.3 Å². The lowest BCUT2D eigenvalue weighted by Gasteiger charge is -2.01. The number of hydrogen-bond donors (Lipinski definition) is 2. The Labute approximate surface area is 109 Å². The van der Waals surface area contributed by atoms with E-state index in [-0.39, 0.29) is 16.1 Å². The number of carbonyl (C=O) groups is 1. The molecule has 3 aromatic rings. The first-order valence-corrected chi connectivity index (χ1v) is 6.22. The molecule has 2 aromatic heterocycles. The predicted octanol–water partition coefficient (Wildman–Crippen LogP) is 2.27. The second-order valence-electron chi connectivity index (χ2n) is 3.66. The van der Waals surface area contributed by atoms with E-state index in [1.807, 2.05) is 0 Å². The molecule has 18 heavy (non-hydrogen) atoms. The van der Waals surface area contributed by atoms with Gasteiger partial charge in [-0.05, 0) is 24.4 Å². The Hall–Kier alpha value is -1.99. The number of benzene rings is 1. The van der Waals surface area contributed by atoms with Gasteiger partial charge in [-0.15, -0.1) is 0 Å². The van der Waals surface area contributed by atoms with Gasteiger partial charge in [0.05, 0.1) is 10.9 Å². The molecule has 7 heteroatoms. The molecule has 0 fully saturated rings. The molecule has 0 atom stereocenters. The van der Waals surface area contributed by atoms with Crippen LogP contribution in [0.2, 0.25) is 0 Å². The summed E-state index contributed by atoms with van der Waals surface area (Å²) in [5, 5.41) is 9.57. The maximum Gasteiger partial charge on any atom is 0.349 e. The molecule has 0 saturated heterocycles. The second-order valence-corrected chi connectivity index (χ2v) is 5.30. The number of nitrogens with zero attached hydrogens (tertiary/aromatic N) is 1. The number of fused-ring (bicyclic) bond motifs is 3. The number of rotatable bonds is 1. The van der Waals surface area contributed by atoms with Gasteiger partial charge in [-0.3, -0.25) is 9.20 Å². The lowest BCUT2D eigenvalue weighted by molar-refractivity contribution is 0.0703. The van der Waals surface area contributed by atoms with Crippen molar-refractivity contribution in [1.82, 2.24) is 9.38 Å². The molecule has 5 nitrogen and oxygen atoms in total. The van der Waals surface area contributed by atoms with Gasteiger partial charge in [0.25, 0.3) is 5.56 Å². The SMILES string of the molecule is O=C(O)c1sc(=S)n2c1[nH]c(=O)c1ccccc12. The highest BCUT2D eigenvalue weighted by Gasteiger charge is 2.16. The van der Waals surface area contributed by atoms with Crippen LogP contribution in [0, 0.1) is 3.95 Å². The van der Waals surface area contributed by atoms with Crippen molar-refractivity contribution in [3.63, 3.8) is 0 Å². The van der Waals surface area contributed by atoms with Crippen LogP contribution in [-0.2, 0) is 0 Å². The molecule has 90 valence electrons. The van der Waals surface area contributed by atoms with Crippen LogP contribution in [0.5, 0.6) is 0 Å². The largest absolute Gasteiger partial charge is 0.477 e. The van der Waals surface area contributed by atoms with E-state index in [9.17, 15) is 9.59 Å². The zero-order valence-electron chi connectivity index (χ0n) is 8.84. The number of carboxylic acids is 1. The van der Waals surface area contributed by atoms with Crippen LogP contribution in [0.15, 0.2) is 29.1 Å². The minimum Gasteiger partial charge on any atom is -0.477 e. The molecule has 0 aliphatic carbocycles. The molecular weight excluding hydrogens is 272 g/mol. The third-order valence-corrected chi connectivity index (χ3v) is 3.99. The molecule has 0 aliphatic rings. The monoisotopic (exact) mass is 278 g/mol. The van der Waals surface area contributed by atoms with Crippen LogP contribution in [0.25, 0.3) is 16.6 Å². The summed E-state index contributed by atoms with van der Waals surface area (Å²) in [5.74, 6) is -1.10. The van der Waals surface area contributed by atoms with Gasteiger partial charge in [-0.1, -0.05) is 23.5 Å². The summed E-state index contributed by atoms with van der Waals surface area (Å²) in [4.78, 5) is 25.6. The molecule has 0 unspecified atom stereocenters. The number of aromatic amines is 1. The molecule has 0 saturated carbocycles. The van der Waals surface area contributed by atoms with Crippen LogP contribution in [0.3, 0.4) is 0 Å². The summed E-state index contributed by atoms with van der Waals surface area (Å²) < 4.78 is 1.98. The Morgan fingerprint density at radius 2 is 2.11 bits per heavy atom. The molecule has 0 aliphatic heterocycles. The third-order valence-electron chi connectivity index (χ3n) is 2.63. The van der Waals surface area contributed by atoms with Crippen molar-refractivity contribution < 1.29 is 9.90 Å². The van der Waals surface area contributed by atoms with E-state index in [1.165, 1.54) is 0 Å². The summed E-state index contributed by atoms with van der Waals surface area (Å²) in [5.41, 5.74) is 0.534. The van der Waals surface area contributed by atoms with Crippen LogP contribution >= 0.6 is 23.6 Å². The number of carboxylic acid groups (broad SMARTS) is 1. The normalized spacial score (nSPS) is 11.1. The first-order chi connectivity index (χ1) is 8.59. The number of nitrogens with one attached hydrogen (secondary N) is 1. The summed E-state index contributed by atoms with van der Waals surface area (Å²) in [6.45, 7) is 0. The quantitative estimate of drug-likeness (QED) is 0.670. The second kappa shape index (κ2) is 3.76. The van der Waals surface area contributed by atoms with Gasteiger partial charge < -0.3 is 10.1 Å². The predicted molar refractivity (Wildman–Crippen MR) is 71.2 cm³/mol. The summed E-state index contributed by atoms with van der Waals surface area (Å²) in [6.07, 6.45) is 0. The average molecular weight is 278 g/mol. The fraction of sp³-hybridized carbons (Fsp3) is 0. The van der Waals surface area contributed by atoms with E-state index in [1.54, 1.807) is 28.7 Å². The van der Waals surface area contributed by atoms with Crippen molar-refractivity contribution in [3.05, 3.63) is 43.5 Å². The van der Waals surface area contributed by atoms with Crippen molar-refractivity contribution in [2.75, 3.05) is 0 Å². The Bertz CT molecular complexity index is 904. The molecule has 2 N–H and O–H groups in total. The number of thiazole rings is 1. The lowest BCUT2D eigenvalue weighted by Crippen LogP contribution is -2.11. The van der Waals surface area contributed by atoms with Gasteiger partial charge in [0, 0.05) is 0 Å². The molecule has 2 heterocycles. The highest BCUT2D eigenvalue weighted by molar-refractivity contribution is 7.73. The zero-order chi connectivity index (χ0) is 12.9. The Balaban J connectivity index is 2.69. The third kappa shape index (κ3) is 1.41. The summed E-state index contributed by atoms with van der Waals surface area (Å²) in [6, 6.07) is 6.94. The van der Waals surface area contributed by atoms with Crippen LogP contribution < -0.4 is 5.56 Å². The Morgan fingerprint density at radius 1 is 1.39 bits per heavy atom. The summed E-state index contributed by atoms with van der Waals surface area (Å²) in [7, 11) is 0. The number of hydrogen-bond acceptors (Lipinski definition) is 4. The number of para-hydroxylation sites is 1. The molecule has 0 radical (unpaired) electrons. The smallest absolute Gasteiger partial charge is 0.349 e. The number of H-pyrrole nitrogens is 1. The minimum absolute atomic E-state index is 0.0443. The molecule has 0 amide bonds. The highest BCUT2D eigenvalue weighted by Crippen LogP contribution is 2.22. The summed E-state index contributed by atoms with van der Waals surface area (Å²) >= 11 is 6.13. The minimum atomic E-state index is -1.10. The van der Waals surface area contributed by atoms with E-state index in [0.29, 0.717) is 14.9 Å². The average Bonchev–Trinajstić information content (AvgIpc) is 2.67. The molecule has 1 aromatic carbocycles. The fourth-order valence-corrected chi connectivity index (χ4v) is 3.11. The molecule has 0 spiro atoms. The van der Waals surface area contributed by atoms with Gasteiger partial charge in [-0.2, -0.15) is 0 Å². The van der Waals surface area contributed by atoms with Crippen molar-refractivity contribution in [2.24, 2.45) is 0 Å². The van der Waals surface area contributed by atoms with Crippen molar-refractivity contribution in [1.29, 1.82) is 0 Å². The zero-order valence-corrected chi connectivity index (χ0v) is 10.5. The van der Waals surface area contributed by atoms with E-state index in [2.05, 4.69) is 4.98 Å². The van der Waals surface area contributed by atoms with Crippen molar-refractivity contribution in [3.8, 4) is 0 Å². The number of aromatic nitrogens is 2. The first kappa shape index (κ1) is 11.1. The first-order valence-electron chi connectivity index (χ1n) is 4.99. The maximum absolute atomic E-state index is 11.9. The van der Waals surface area contributed by atoms with Gasteiger partial charge in [-0.25, -0.2) is 4.79 Å². The highest BCUT2D eigenvalue weighted by atomic mass is 32.1. The van der Waals surface area contributed by atoms with Gasteiger partial charge in [0.1, 0.15) is 5.65 Å². The lowest BCUT2D eigenvalue weighted by atomic mass is 10.2. The van der Waals surface area contributed by atoms with E-state index >= 15 is 0 Å². The fourth-order valence-electron chi connectivity index (χ4n) is 1.89. The Morgan fingerprint density at radius 3 is 2.83 bits per heavy atom. The van der Waals surface area contributed by atoms with Gasteiger partial charge in [0.2, 0.25) is 0 Å². The van der Waals surface area contributed by atoms with E-state index < -0.39 is 5.97 Å². The van der Waals surface area contributed by atoms with E-state index in [0.717, 1.165) is 11.3 Å². The molecule has 3 rings (SSSR count). The topological polar surface area (TPSA) is 74.6 Å². The van der Waals surface area contributed by atoms with Crippen LogP contribution in [0.1, 0.15) is 9.67 Å². The van der Waals surface area contributed by atoms with Crippen molar-refractivity contribution in [2.45, 2.75) is 0 Å². The number of aromatic carboxylic acids is 1. The molecule has 0 bridgehead atoms. The maximum atomic E-state index is 11.9. The standard InChI is InChI=1S/C11H6N2O3S2/c14-9-5-3-1-2-4-6(5)13-8(12-9)7(10(15)16)18-11(13)17/h1-4H,(H,12,14)(H,15,16). The van der Waals surface area contributed by atoms with Crippen LogP contribution in [-0.4, -0.2) is 20.5 Å². The Kier molecular flexibility index (Phi) is 2.32.